The van der Waals surface area contributed by atoms with E-state index in [4.69, 9.17) is 0 Å². The Morgan fingerprint density at radius 2 is 2.50 bits per heavy atom. The number of amides is 1. The highest BCUT2D eigenvalue weighted by atomic mass is 16.2. The van der Waals surface area contributed by atoms with Gasteiger partial charge in [-0.15, -0.1) is 0 Å². The van der Waals surface area contributed by atoms with Crippen molar-refractivity contribution < 1.29 is 4.79 Å². The summed E-state index contributed by atoms with van der Waals surface area (Å²) in [7, 11) is 1.97. The molecule has 1 aromatic heterocycles. The molecule has 1 amide bonds. The minimum atomic E-state index is -0.0277. The predicted octanol–water partition coefficient (Wildman–Crippen LogP) is 0.467. The lowest BCUT2D eigenvalue weighted by molar-refractivity contribution is -0.124. The molecule has 100 valence electrons. The van der Waals surface area contributed by atoms with Crippen LogP contribution in [0.2, 0.25) is 0 Å². The van der Waals surface area contributed by atoms with Crippen LogP contribution in [0.15, 0.2) is 12.4 Å². The standard InChI is InChI=1S/C13H22N4O/c1-10-4-3-6-15-12(10)13(18)16-7-5-11-14-8-9-17(11)2/h8-10,12,15H,3-7H2,1-2H3,(H,16,18). The zero-order valence-corrected chi connectivity index (χ0v) is 11.1. The van der Waals surface area contributed by atoms with Crippen molar-refractivity contribution in [2.75, 3.05) is 13.1 Å². The van der Waals surface area contributed by atoms with Crippen LogP contribution in [-0.4, -0.2) is 34.6 Å². The van der Waals surface area contributed by atoms with Gasteiger partial charge in [-0.3, -0.25) is 4.79 Å². The van der Waals surface area contributed by atoms with E-state index in [2.05, 4.69) is 22.5 Å². The van der Waals surface area contributed by atoms with E-state index in [0.29, 0.717) is 12.5 Å². The van der Waals surface area contributed by atoms with E-state index in [1.54, 1.807) is 6.20 Å². The Labute approximate surface area is 108 Å². The van der Waals surface area contributed by atoms with E-state index in [1.807, 2.05) is 17.8 Å². The summed E-state index contributed by atoms with van der Waals surface area (Å²) in [5.41, 5.74) is 0. The van der Waals surface area contributed by atoms with E-state index in [-0.39, 0.29) is 11.9 Å². The Morgan fingerprint density at radius 1 is 1.67 bits per heavy atom. The Hall–Kier alpha value is -1.36. The molecule has 2 atom stereocenters. The molecule has 5 heteroatoms. The van der Waals surface area contributed by atoms with Crippen molar-refractivity contribution in [2.24, 2.45) is 13.0 Å². The molecule has 0 radical (unpaired) electrons. The van der Waals surface area contributed by atoms with Crippen molar-refractivity contribution >= 4 is 5.91 Å². The first-order valence-electron chi connectivity index (χ1n) is 6.66. The molecular formula is C13H22N4O. The third kappa shape index (κ3) is 3.10. The quantitative estimate of drug-likeness (QED) is 0.816. The molecular weight excluding hydrogens is 228 g/mol. The van der Waals surface area contributed by atoms with Crippen LogP contribution in [0, 0.1) is 5.92 Å². The molecule has 2 unspecified atom stereocenters. The molecule has 1 aliphatic heterocycles. The Morgan fingerprint density at radius 3 is 3.17 bits per heavy atom. The molecule has 2 N–H and O–H groups in total. The number of piperidine rings is 1. The lowest BCUT2D eigenvalue weighted by Gasteiger charge is -2.28. The Kier molecular flexibility index (Phi) is 4.36. The molecule has 0 saturated carbocycles. The van der Waals surface area contributed by atoms with Gasteiger partial charge in [-0.25, -0.2) is 4.98 Å². The van der Waals surface area contributed by atoms with Gasteiger partial charge in [-0.1, -0.05) is 6.92 Å². The molecule has 2 rings (SSSR count). The van der Waals surface area contributed by atoms with E-state index >= 15 is 0 Å². The van der Waals surface area contributed by atoms with Crippen LogP contribution in [0.4, 0.5) is 0 Å². The lowest BCUT2D eigenvalue weighted by Crippen LogP contribution is -2.51. The SMILES string of the molecule is CC1CCCNC1C(=O)NCCc1nccn1C. The minimum Gasteiger partial charge on any atom is -0.354 e. The molecule has 1 aliphatic rings. The van der Waals surface area contributed by atoms with Crippen molar-refractivity contribution in [3.05, 3.63) is 18.2 Å². The third-order valence-corrected chi connectivity index (χ3v) is 3.62. The molecule has 1 aromatic rings. The maximum atomic E-state index is 12.0. The van der Waals surface area contributed by atoms with Crippen LogP contribution in [0.3, 0.4) is 0 Å². The maximum absolute atomic E-state index is 12.0. The summed E-state index contributed by atoms with van der Waals surface area (Å²) in [6.45, 7) is 3.73. The summed E-state index contributed by atoms with van der Waals surface area (Å²) in [5, 5.41) is 6.28. The second-order valence-corrected chi connectivity index (χ2v) is 5.05. The van der Waals surface area contributed by atoms with Gasteiger partial charge in [0.15, 0.2) is 0 Å². The van der Waals surface area contributed by atoms with Gasteiger partial charge < -0.3 is 15.2 Å². The molecule has 1 fully saturated rings. The topological polar surface area (TPSA) is 59.0 Å². The minimum absolute atomic E-state index is 0.0277. The van der Waals surface area contributed by atoms with Gasteiger partial charge in [0.25, 0.3) is 0 Å². The number of rotatable bonds is 4. The average molecular weight is 250 g/mol. The Bertz CT molecular complexity index is 401. The zero-order chi connectivity index (χ0) is 13.0. The Balaban J connectivity index is 1.76. The molecule has 0 aliphatic carbocycles. The van der Waals surface area contributed by atoms with Crippen molar-refractivity contribution in [2.45, 2.75) is 32.2 Å². The monoisotopic (exact) mass is 250 g/mol. The molecule has 0 aromatic carbocycles. The van der Waals surface area contributed by atoms with Gasteiger partial charge in [-0.2, -0.15) is 0 Å². The number of nitrogens with zero attached hydrogens (tertiary/aromatic N) is 2. The number of carbonyl (C=O) groups is 1. The largest absolute Gasteiger partial charge is 0.354 e. The van der Waals surface area contributed by atoms with Crippen LogP contribution in [0.25, 0.3) is 0 Å². The molecule has 0 spiro atoms. The maximum Gasteiger partial charge on any atom is 0.237 e. The van der Waals surface area contributed by atoms with Gasteiger partial charge in [-0.05, 0) is 25.3 Å². The number of hydrogen-bond donors (Lipinski definition) is 2. The van der Waals surface area contributed by atoms with E-state index in [1.165, 1.54) is 0 Å². The number of hydrogen-bond acceptors (Lipinski definition) is 3. The fourth-order valence-corrected chi connectivity index (χ4v) is 2.45. The summed E-state index contributed by atoms with van der Waals surface area (Å²) >= 11 is 0. The summed E-state index contributed by atoms with van der Waals surface area (Å²) in [4.78, 5) is 16.3. The number of carbonyl (C=O) groups excluding carboxylic acids is 1. The van der Waals surface area contributed by atoms with Gasteiger partial charge in [0.05, 0.1) is 6.04 Å². The van der Waals surface area contributed by atoms with Gasteiger partial charge in [0, 0.05) is 32.4 Å². The van der Waals surface area contributed by atoms with E-state index in [9.17, 15) is 4.79 Å². The van der Waals surface area contributed by atoms with Crippen LogP contribution < -0.4 is 10.6 Å². The summed E-state index contributed by atoms with van der Waals surface area (Å²) in [5.74, 6) is 1.54. The first kappa shape index (κ1) is 13.1. The molecule has 18 heavy (non-hydrogen) atoms. The zero-order valence-electron chi connectivity index (χ0n) is 11.1. The van der Waals surface area contributed by atoms with E-state index < -0.39 is 0 Å². The van der Waals surface area contributed by atoms with Gasteiger partial charge in [0.2, 0.25) is 5.91 Å². The van der Waals surface area contributed by atoms with Gasteiger partial charge >= 0.3 is 0 Å². The highest BCUT2D eigenvalue weighted by molar-refractivity contribution is 5.82. The van der Waals surface area contributed by atoms with Crippen molar-refractivity contribution in [1.29, 1.82) is 0 Å². The highest BCUT2D eigenvalue weighted by Crippen LogP contribution is 2.15. The summed E-state index contributed by atoms with van der Waals surface area (Å²) in [6.07, 6.45) is 6.77. The van der Waals surface area contributed by atoms with Gasteiger partial charge in [0.1, 0.15) is 5.82 Å². The lowest BCUT2D eigenvalue weighted by atomic mass is 9.92. The van der Waals surface area contributed by atoms with Crippen LogP contribution in [-0.2, 0) is 18.3 Å². The van der Waals surface area contributed by atoms with Crippen molar-refractivity contribution in [3.63, 3.8) is 0 Å². The number of nitrogens with one attached hydrogen (secondary N) is 2. The van der Waals surface area contributed by atoms with Crippen LogP contribution in [0.1, 0.15) is 25.6 Å². The third-order valence-electron chi connectivity index (χ3n) is 3.62. The van der Waals surface area contributed by atoms with Crippen molar-refractivity contribution in [1.82, 2.24) is 20.2 Å². The van der Waals surface area contributed by atoms with Crippen molar-refractivity contribution in [3.8, 4) is 0 Å². The smallest absolute Gasteiger partial charge is 0.237 e. The molecule has 5 nitrogen and oxygen atoms in total. The molecule has 2 heterocycles. The fourth-order valence-electron chi connectivity index (χ4n) is 2.45. The number of imidazole rings is 1. The van der Waals surface area contributed by atoms with Crippen LogP contribution in [0.5, 0.6) is 0 Å². The first-order valence-corrected chi connectivity index (χ1v) is 6.66. The second-order valence-electron chi connectivity index (χ2n) is 5.05. The molecule has 0 bridgehead atoms. The number of aromatic nitrogens is 2. The summed E-state index contributed by atoms with van der Waals surface area (Å²) in [6, 6.07) is -0.0277. The van der Waals surface area contributed by atoms with Crippen LogP contribution >= 0.6 is 0 Å². The number of aryl methyl sites for hydroxylation is 1. The normalized spacial score (nSPS) is 23.9. The summed E-state index contributed by atoms with van der Waals surface area (Å²) < 4.78 is 1.98. The first-order chi connectivity index (χ1) is 8.68. The highest BCUT2D eigenvalue weighted by Gasteiger charge is 2.26. The fraction of sp³-hybridized carbons (Fsp3) is 0.692. The van der Waals surface area contributed by atoms with E-state index in [0.717, 1.165) is 31.6 Å². The average Bonchev–Trinajstić information content (AvgIpc) is 2.75. The molecule has 1 saturated heterocycles. The predicted molar refractivity (Wildman–Crippen MR) is 70.1 cm³/mol. The second kappa shape index (κ2) is 6.00.